The zero-order chi connectivity index (χ0) is 15.0. The van der Waals surface area contributed by atoms with Gasteiger partial charge < -0.3 is 10.2 Å². The van der Waals surface area contributed by atoms with Crippen molar-refractivity contribution in [1.29, 1.82) is 0 Å². The van der Waals surface area contributed by atoms with Crippen molar-refractivity contribution < 1.29 is 0 Å². The molecule has 1 saturated heterocycles. The second-order valence-corrected chi connectivity index (χ2v) is 6.91. The Kier molecular flexibility index (Phi) is 8.74. The van der Waals surface area contributed by atoms with Crippen LogP contribution in [0.25, 0.3) is 0 Å². The summed E-state index contributed by atoms with van der Waals surface area (Å²) in [6.45, 7) is 15.3. The lowest BCUT2D eigenvalue weighted by atomic mass is 10.0. The van der Waals surface area contributed by atoms with Gasteiger partial charge in [0.1, 0.15) is 0 Å². The Labute approximate surface area is 127 Å². The monoisotopic (exact) mass is 283 g/mol. The van der Waals surface area contributed by atoms with Gasteiger partial charge >= 0.3 is 0 Å². The van der Waals surface area contributed by atoms with Gasteiger partial charge in [-0.25, -0.2) is 0 Å². The minimum absolute atomic E-state index is 0.718. The third kappa shape index (κ3) is 6.11. The summed E-state index contributed by atoms with van der Waals surface area (Å²) in [6, 6.07) is 1.45. The van der Waals surface area contributed by atoms with E-state index in [4.69, 9.17) is 0 Å². The Bertz CT molecular complexity index is 242. The van der Waals surface area contributed by atoms with E-state index in [1.165, 1.54) is 45.3 Å². The van der Waals surface area contributed by atoms with Crippen LogP contribution in [0.5, 0.6) is 0 Å². The smallest absolute Gasteiger partial charge is 0.0224 e. The molecule has 20 heavy (non-hydrogen) atoms. The molecule has 1 aliphatic rings. The lowest BCUT2D eigenvalue weighted by Gasteiger charge is -2.37. The number of likely N-dealkylation sites (N-methyl/N-ethyl adjacent to an activating group) is 1. The van der Waals surface area contributed by atoms with Crippen molar-refractivity contribution in [3.63, 3.8) is 0 Å². The predicted octanol–water partition coefficient (Wildman–Crippen LogP) is 2.82. The lowest BCUT2D eigenvalue weighted by molar-refractivity contribution is 0.118. The van der Waals surface area contributed by atoms with E-state index in [2.05, 4.69) is 49.9 Å². The Balaban J connectivity index is 2.60. The van der Waals surface area contributed by atoms with Crippen molar-refractivity contribution in [3.8, 4) is 0 Å². The molecule has 0 spiro atoms. The van der Waals surface area contributed by atoms with Gasteiger partial charge in [-0.3, -0.25) is 4.90 Å². The topological polar surface area (TPSA) is 18.5 Å². The summed E-state index contributed by atoms with van der Waals surface area (Å²) in [5.41, 5.74) is 0. The van der Waals surface area contributed by atoms with E-state index in [0.29, 0.717) is 0 Å². The molecule has 0 bridgehead atoms. The molecule has 0 aromatic heterocycles. The molecule has 1 rings (SSSR count). The third-order valence-corrected chi connectivity index (χ3v) is 4.44. The standard InChI is InChI=1S/C17H37N3/c1-6-9-17(13-18-12-15(3)4)20-11-8-10-19(5)14-16(20)7-2/h15-18H,6-14H2,1-5H3. The first-order valence-electron chi connectivity index (χ1n) is 8.73. The Morgan fingerprint density at radius 2 is 1.90 bits per heavy atom. The van der Waals surface area contributed by atoms with Crippen LogP contribution in [0.1, 0.15) is 53.4 Å². The number of nitrogens with zero attached hydrogens (tertiary/aromatic N) is 2. The maximum atomic E-state index is 3.69. The molecule has 3 heteroatoms. The van der Waals surface area contributed by atoms with Gasteiger partial charge in [0, 0.05) is 31.7 Å². The van der Waals surface area contributed by atoms with E-state index >= 15 is 0 Å². The van der Waals surface area contributed by atoms with Crippen LogP contribution in [0, 0.1) is 5.92 Å². The normalized spacial score (nSPS) is 24.0. The van der Waals surface area contributed by atoms with Crippen LogP contribution in [0.4, 0.5) is 0 Å². The zero-order valence-electron chi connectivity index (χ0n) is 14.5. The summed E-state index contributed by atoms with van der Waals surface area (Å²) in [6.07, 6.45) is 5.20. The molecular weight excluding hydrogens is 246 g/mol. The minimum Gasteiger partial charge on any atom is -0.315 e. The number of rotatable bonds is 8. The molecule has 0 saturated carbocycles. The molecule has 0 aromatic carbocycles. The highest BCUT2D eigenvalue weighted by Gasteiger charge is 2.27. The molecule has 0 amide bonds. The number of nitrogens with one attached hydrogen (secondary N) is 1. The van der Waals surface area contributed by atoms with Crippen LogP contribution in [0.2, 0.25) is 0 Å². The molecule has 0 radical (unpaired) electrons. The van der Waals surface area contributed by atoms with Gasteiger partial charge in [-0.2, -0.15) is 0 Å². The Morgan fingerprint density at radius 1 is 1.15 bits per heavy atom. The fourth-order valence-corrected chi connectivity index (χ4v) is 3.36. The van der Waals surface area contributed by atoms with Gasteiger partial charge in [0.15, 0.2) is 0 Å². The van der Waals surface area contributed by atoms with Crippen molar-refractivity contribution >= 4 is 0 Å². The highest BCUT2D eigenvalue weighted by Crippen LogP contribution is 2.18. The van der Waals surface area contributed by atoms with E-state index in [0.717, 1.165) is 31.1 Å². The van der Waals surface area contributed by atoms with Gasteiger partial charge in [-0.1, -0.05) is 34.1 Å². The van der Waals surface area contributed by atoms with Crippen molar-refractivity contribution in [2.75, 3.05) is 39.8 Å². The second kappa shape index (κ2) is 9.75. The van der Waals surface area contributed by atoms with E-state index in [1.807, 2.05) is 0 Å². The van der Waals surface area contributed by atoms with Crippen LogP contribution in [-0.2, 0) is 0 Å². The number of hydrogen-bond donors (Lipinski definition) is 1. The van der Waals surface area contributed by atoms with Crippen molar-refractivity contribution in [3.05, 3.63) is 0 Å². The molecule has 2 unspecified atom stereocenters. The summed E-state index contributed by atoms with van der Waals surface area (Å²) in [5, 5.41) is 3.69. The van der Waals surface area contributed by atoms with Gasteiger partial charge in [0.25, 0.3) is 0 Å². The summed E-state index contributed by atoms with van der Waals surface area (Å²) in [5.74, 6) is 0.745. The largest absolute Gasteiger partial charge is 0.315 e. The van der Waals surface area contributed by atoms with Crippen LogP contribution in [0.15, 0.2) is 0 Å². The first kappa shape index (κ1) is 17.9. The van der Waals surface area contributed by atoms with Crippen LogP contribution >= 0.6 is 0 Å². The van der Waals surface area contributed by atoms with Crippen LogP contribution in [-0.4, -0.2) is 61.7 Å². The minimum atomic E-state index is 0.718. The fourth-order valence-electron chi connectivity index (χ4n) is 3.36. The molecule has 3 nitrogen and oxygen atoms in total. The Morgan fingerprint density at radius 3 is 2.50 bits per heavy atom. The quantitative estimate of drug-likeness (QED) is 0.739. The van der Waals surface area contributed by atoms with Crippen LogP contribution < -0.4 is 5.32 Å². The van der Waals surface area contributed by atoms with E-state index in [9.17, 15) is 0 Å². The van der Waals surface area contributed by atoms with Gasteiger partial charge in [-0.15, -0.1) is 0 Å². The van der Waals surface area contributed by atoms with E-state index < -0.39 is 0 Å². The number of hydrogen-bond acceptors (Lipinski definition) is 3. The fraction of sp³-hybridized carbons (Fsp3) is 1.00. The Hall–Kier alpha value is -0.120. The first-order valence-corrected chi connectivity index (χ1v) is 8.73. The molecule has 0 aromatic rings. The molecule has 1 N–H and O–H groups in total. The second-order valence-electron chi connectivity index (χ2n) is 6.91. The van der Waals surface area contributed by atoms with Crippen molar-refractivity contribution in [1.82, 2.24) is 15.1 Å². The molecule has 120 valence electrons. The molecule has 1 fully saturated rings. The predicted molar refractivity (Wildman–Crippen MR) is 89.3 cm³/mol. The lowest BCUT2D eigenvalue weighted by Crippen LogP contribution is -2.50. The summed E-state index contributed by atoms with van der Waals surface area (Å²) in [7, 11) is 2.28. The SMILES string of the molecule is CCCC(CNCC(C)C)N1CCCN(C)CC1CC. The van der Waals surface area contributed by atoms with E-state index in [1.54, 1.807) is 0 Å². The third-order valence-electron chi connectivity index (χ3n) is 4.44. The van der Waals surface area contributed by atoms with Crippen LogP contribution in [0.3, 0.4) is 0 Å². The zero-order valence-corrected chi connectivity index (χ0v) is 14.5. The maximum Gasteiger partial charge on any atom is 0.0224 e. The van der Waals surface area contributed by atoms with Gasteiger partial charge in [0.05, 0.1) is 0 Å². The molecule has 2 atom stereocenters. The molecule has 1 aliphatic heterocycles. The molecule has 1 heterocycles. The van der Waals surface area contributed by atoms with Crippen molar-refractivity contribution in [2.45, 2.75) is 65.5 Å². The average Bonchev–Trinajstić information content (AvgIpc) is 2.58. The van der Waals surface area contributed by atoms with E-state index in [-0.39, 0.29) is 0 Å². The molecule has 0 aliphatic carbocycles. The highest BCUT2D eigenvalue weighted by molar-refractivity contribution is 4.84. The highest BCUT2D eigenvalue weighted by atomic mass is 15.3. The summed E-state index contributed by atoms with van der Waals surface area (Å²) < 4.78 is 0. The van der Waals surface area contributed by atoms with Crippen molar-refractivity contribution in [2.24, 2.45) is 5.92 Å². The molecular formula is C17H37N3. The first-order chi connectivity index (χ1) is 9.58. The average molecular weight is 284 g/mol. The summed E-state index contributed by atoms with van der Waals surface area (Å²) >= 11 is 0. The van der Waals surface area contributed by atoms with Gasteiger partial charge in [-0.05, 0) is 45.3 Å². The maximum absolute atomic E-state index is 3.69. The van der Waals surface area contributed by atoms with Gasteiger partial charge in [0.2, 0.25) is 0 Å². The summed E-state index contributed by atoms with van der Waals surface area (Å²) in [4.78, 5) is 5.32.